The van der Waals surface area contributed by atoms with Crippen molar-refractivity contribution in [2.24, 2.45) is 0 Å². The molecular formula is C13H19F3O3PdS. The van der Waals surface area contributed by atoms with Crippen molar-refractivity contribution in [2.45, 2.75) is 38.1 Å². The Hall–Kier alpha value is -0.548. The van der Waals surface area contributed by atoms with Crippen molar-refractivity contribution in [1.82, 2.24) is 0 Å². The Morgan fingerprint density at radius 2 is 1.24 bits per heavy atom. The summed E-state index contributed by atoms with van der Waals surface area (Å²) >= 11 is 0. The molecule has 0 radical (unpaired) electrons. The zero-order valence-electron chi connectivity index (χ0n) is 11.6. The molecule has 0 saturated carbocycles. The Balaban J connectivity index is -0.000000239. The van der Waals surface area contributed by atoms with E-state index in [2.05, 4.69) is 31.2 Å². The summed E-state index contributed by atoms with van der Waals surface area (Å²) < 4.78 is 58.9. The second-order valence-corrected chi connectivity index (χ2v) is 4.94. The van der Waals surface area contributed by atoms with Gasteiger partial charge in [0, 0.05) is 0 Å². The third-order valence-electron chi connectivity index (χ3n) is 1.85. The first-order valence-electron chi connectivity index (χ1n) is 5.89. The normalized spacial score (nSPS) is 16.2. The molecular weight excluding hydrogens is 400 g/mol. The molecule has 21 heavy (non-hydrogen) atoms. The van der Waals surface area contributed by atoms with E-state index in [9.17, 15) is 13.2 Å². The smallest absolute Gasteiger partial charge is 0.741 e. The standard InChI is InChI=1S/C8H12.C4H7.CHF3O3S.Pd/c1-2-4-6-8-7-5-3-1;1-3-4-2;2-1(3,4)8(5,6)7;/h1-2,7-8H,3-6H2;3-4H,1H2,2H3;(H,5,6,7);/q;-1;;+2/p-1/b2-1-,8-7?;4-3+;;. The van der Waals surface area contributed by atoms with Gasteiger partial charge >= 0.3 is 25.9 Å². The molecule has 8 heteroatoms. The van der Waals surface area contributed by atoms with Crippen LogP contribution in [0.25, 0.3) is 0 Å². The van der Waals surface area contributed by atoms with Crippen LogP contribution in [-0.2, 0) is 30.5 Å². The van der Waals surface area contributed by atoms with Crippen LogP contribution in [0.2, 0.25) is 0 Å². The zero-order valence-corrected chi connectivity index (χ0v) is 14.0. The molecule has 126 valence electrons. The van der Waals surface area contributed by atoms with Crippen molar-refractivity contribution in [2.75, 3.05) is 0 Å². The van der Waals surface area contributed by atoms with Crippen LogP contribution in [0.4, 0.5) is 13.2 Å². The fraction of sp³-hybridized carbons (Fsp3) is 0.462. The van der Waals surface area contributed by atoms with Gasteiger partial charge in [-0.2, -0.15) is 13.2 Å². The van der Waals surface area contributed by atoms with E-state index >= 15 is 0 Å². The van der Waals surface area contributed by atoms with Gasteiger partial charge < -0.3 is 4.55 Å². The van der Waals surface area contributed by atoms with E-state index in [-0.39, 0.29) is 20.4 Å². The zero-order chi connectivity index (χ0) is 16.1. The second-order valence-electron chi connectivity index (χ2n) is 3.57. The molecule has 0 spiro atoms. The fourth-order valence-electron chi connectivity index (χ4n) is 0.856. The molecule has 3 nitrogen and oxygen atoms in total. The van der Waals surface area contributed by atoms with Crippen molar-refractivity contribution in [3.63, 3.8) is 0 Å². The SMILES string of the molecule is C1=CCC/C=C\CC1.O=S(=O)([O-])C(F)(F)F.[CH2-]/C=C/C.[Pd+2]. The predicted molar refractivity (Wildman–Crippen MR) is 72.7 cm³/mol. The molecule has 0 saturated heterocycles. The van der Waals surface area contributed by atoms with E-state index in [0.717, 1.165) is 0 Å². The quantitative estimate of drug-likeness (QED) is 0.195. The van der Waals surface area contributed by atoms with Gasteiger partial charge in [0.1, 0.15) is 0 Å². The Labute approximate surface area is 138 Å². The molecule has 0 unspecified atom stereocenters. The maximum atomic E-state index is 10.7. The summed E-state index contributed by atoms with van der Waals surface area (Å²) in [4.78, 5) is 0. The number of alkyl halides is 3. The maximum Gasteiger partial charge on any atom is 2.00 e. The fourth-order valence-corrected chi connectivity index (χ4v) is 0.856. The van der Waals surface area contributed by atoms with Crippen LogP contribution in [0.3, 0.4) is 0 Å². The summed E-state index contributed by atoms with van der Waals surface area (Å²) in [6, 6.07) is 0. The largest absolute Gasteiger partial charge is 2.00 e. The van der Waals surface area contributed by atoms with E-state index in [4.69, 9.17) is 13.0 Å². The Kier molecular flexibility index (Phi) is 17.4. The first kappa shape index (κ1) is 25.4. The van der Waals surface area contributed by atoms with Gasteiger partial charge in [0.05, 0.1) is 0 Å². The number of halogens is 3. The molecule has 1 aliphatic rings. The second kappa shape index (κ2) is 14.4. The number of allylic oxidation sites excluding steroid dienone is 6. The number of hydrogen-bond acceptors (Lipinski definition) is 3. The molecule has 1 aliphatic carbocycles. The molecule has 0 heterocycles. The molecule has 1 rings (SSSR count). The first-order valence-corrected chi connectivity index (χ1v) is 7.30. The Morgan fingerprint density at radius 3 is 1.33 bits per heavy atom. The number of rotatable bonds is 0. The van der Waals surface area contributed by atoms with Crippen LogP contribution in [-0.4, -0.2) is 18.5 Å². The van der Waals surface area contributed by atoms with Gasteiger partial charge in [-0.05, 0) is 25.7 Å². The molecule has 0 N–H and O–H groups in total. The van der Waals surface area contributed by atoms with Crippen LogP contribution in [0.15, 0.2) is 36.5 Å². The van der Waals surface area contributed by atoms with E-state index in [1.54, 1.807) is 6.08 Å². The van der Waals surface area contributed by atoms with Crippen LogP contribution in [0, 0.1) is 6.92 Å². The van der Waals surface area contributed by atoms with Crippen LogP contribution >= 0.6 is 0 Å². The van der Waals surface area contributed by atoms with Gasteiger partial charge in [-0.1, -0.05) is 24.3 Å². The minimum Gasteiger partial charge on any atom is -0.741 e. The van der Waals surface area contributed by atoms with Crippen LogP contribution in [0.5, 0.6) is 0 Å². The third-order valence-corrected chi connectivity index (χ3v) is 2.42. The van der Waals surface area contributed by atoms with Gasteiger partial charge in [0.15, 0.2) is 10.1 Å². The van der Waals surface area contributed by atoms with Crippen molar-refractivity contribution in [1.29, 1.82) is 0 Å². The van der Waals surface area contributed by atoms with E-state index in [1.165, 1.54) is 25.7 Å². The van der Waals surface area contributed by atoms with Crippen molar-refractivity contribution in [3.8, 4) is 0 Å². The molecule has 0 aromatic carbocycles. The summed E-state index contributed by atoms with van der Waals surface area (Å²) in [6.45, 7) is 5.36. The van der Waals surface area contributed by atoms with Crippen LogP contribution < -0.4 is 0 Å². The Morgan fingerprint density at radius 1 is 1.05 bits per heavy atom. The van der Waals surface area contributed by atoms with Gasteiger partial charge in [-0.15, -0.1) is 6.92 Å². The first-order chi connectivity index (χ1) is 9.16. The van der Waals surface area contributed by atoms with Gasteiger partial charge in [-0.25, -0.2) is 27.5 Å². The third kappa shape index (κ3) is 19.5. The van der Waals surface area contributed by atoms with Crippen LogP contribution in [0.1, 0.15) is 32.6 Å². The van der Waals surface area contributed by atoms with E-state index in [0.29, 0.717) is 0 Å². The molecule has 0 bridgehead atoms. The minimum atomic E-state index is -6.09. The molecule has 0 aliphatic heterocycles. The maximum absolute atomic E-state index is 10.7. The molecule has 0 aromatic heterocycles. The van der Waals surface area contributed by atoms with Crippen molar-refractivity contribution < 1.29 is 46.6 Å². The predicted octanol–water partition coefficient (Wildman–Crippen LogP) is 4.12. The topological polar surface area (TPSA) is 57.2 Å². The molecule has 0 atom stereocenters. The van der Waals surface area contributed by atoms with Crippen molar-refractivity contribution >= 4 is 10.1 Å². The van der Waals surface area contributed by atoms with Gasteiger partial charge in [-0.3, -0.25) is 0 Å². The molecule has 0 fully saturated rings. The van der Waals surface area contributed by atoms with Crippen molar-refractivity contribution in [3.05, 3.63) is 43.4 Å². The Bertz CT molecular complexity index is 383. The van der Waals surface area contributed by atoms with E-state index < -0.39 is 15.6 Å². The van der Waals surface area contributed by atoms with E-state index in [1.807, 2.05) is 13.0 Å². The summed E-state index contributed by atoms with van der Waals surface area (Å²) in [6.07, 6.45) is 17.6. The summed E-state index contributed by atoms with van der Waals surface area (Å²) in [5, 5.41) is 0. The average Bonchev–Trinajstić information content (AvgIpc) is 2.26. The molecule has 0 aromatic rings. The summed E-state index contributed by atoms with van der Waals surface area (Å²) in [7, 11) is -6.09. The van der Waals surface area contributed by atoms with Gasteiger partial charge in [0.2, 0.25) is 0 Å². The summed E-state index contributed by atoms with van der Waals surface area (Å²) in [5.74, 6) is 0. The summed E-state index contributed by atoms with van der Waals surface area (Å²) in [5.41, 5.74) is -5.65. The minimum absolute atomic E-state index is 0. The molecule has 0 amide bonds. The monoisotopic (exact) mass is 418 g/mol. The average molecular weight is 419 g/mol. The van der Waals surface area contributed by atoms with Gasteiger partial charge in [0.25, 0.3) is 0 Å². The number of hydrogen-bond donors (Lipinski definition) is 0.